The molecule has 0 aliphatic rings. The van der Waals surface area contributed by atoms with Crippen LogP contribution in [0.5, 0.6) is 0 Å². The van der Waals surface area contributed by atoms with E-state index in [1.165, 1.54) is 0 Å². The topological polar surface area (TPSA) is 79.6 Å². The van der Waals surface area contributed by atoms with Gasteiger partial charge in [0.25, 0.3) is 0 Å². The van der Waals surface area contributed by atoms with E-state index in [2.05, 4.69) is 27.4 Å². The second kappa shape index (κ2) is 4.00. The molecule has 78 valence electrons. The van der Waals surface area contributed by atoms with Crippen molar-refractivity contribution in [2.75, 3.05) is 11.1 Å². The van der Waals surface area contributed by atoms with Crippen LogP contribution in [0, 0.1) is 0 Å². The molecule has 0 saturated heterocycles. The lowest BCUT2D eigenvalue weighted by Gasteiger charge is -2.14. The molecule has 0 fully saturated rings. The third kappa shape index (κ3) is 2.07. The van der Waals surface area contributed by atoms with Crippen molar-refractivity contribution in [2.24, 2.45) is 0 Å². The molecule has 4 N–H and O–H groups in total. The highest BCUT2D eigenvalue weighted by Crippen LogP contribution is 2.21. The number of hydrogen-bond acceptors (Lipinski definition) is 4. The fourth-order valence-corrected chi connectivity index (χ4v) is 1.38. The van der Waals surface area contributed by atoms with Crippen LogP contribution in [0.25, 0.3) is 0 Å². The molecule has 15 heavy (non-hydrogen) atoms. The molecule has 5 heteroatoms. The van der Waals surface area contributed by atoms with E-state index in [9.17, 15) is 0 Å². The van der Waals surface area contributed by atoms with Gasteiger partial charge in [0, 0.05) is 18.4 Å². The number of nitrogens with one attached hydrogen (secondary N) is 2. The van der Waals surface area contributed by atoms with E-state index < -0.39 is 0 Å². The number of hydrogen-bond donors (Lipinski definition) is 3. The smallest absolute Gasteiger partial charge is 0.142 e. The van der Waals surface area contributed by atoms with Crippen LogP contribution in [0.1, 0.15) is 18.5 Å². The van der Waals surface area contributed by atoms with Crippen LogP contribution in [-0.2, 0) is 0 Å². The van der Waals surface area contributed by atoms with Crippen molar-refractivity contribution in [3.63, 3.8) is 0 Å². The Labute approximate surface area is 87.7 Å². The second-order valence-electron chi connectivity index (χ2n) is 3.34. The summed E-state index contributed by atoms with van der Waals surface area (Å²) in [7, 11) is 0. The first-order valence-corrected chi connectivity index (χ1v) is 4.72. The monoisotopic (exact) mass is 203 g/mol. The maximum Gasteiger partial charge on any atom is 0.142 e. The normalized spacial score (nSPS) is 12.3. The van der Waals surface area contributed by atoms with Crippen LogP contribution < -0.4 is 11.1 Å². The Morgan fingerprint density at radius 3 is 2.73 bits per heavy atom. The number of aromatic amines is 1. The fourth-order valence-electron chi connectivity index (χ4n) is 1.38. The predicted molar refractivity (Wildman–Crippen MR) is 59.3 cm³/mol. The maximum absolute atomic E-state index is 5.67. The van der Waals surface area contributed by atoms with Crippen LogP contribution in [0.3, 0.4) is 0 Å². The molecule has 2 aromatic heterocycles. The van der Waals surface area contributed by atoms with E-state index in [-0.39, 0.29) is 6.04 Å². The largest absolute Gasteiger partial charge is 0.382 e. The van der Waals surface area contributed by atoms with Crippen molar-refractivity contribution < 1.29 is 0 Å². The zero-order valence-corrected chi connectivity index (χ0v) is 8.44. The van der Waals surface area contributed by atoms with E-state index in [1.54, 1.807) is 18.6 Å². The van der Waals surface area contributed by atoms with Gasteiger partial charge in [0.1, 0.15) is 5.82 Å². The molecule has 0 aromatic carbocycles. The molecule has 5 nitrogen and oxygen atoms in total. The Bertz CT molecular complexity index is 422. The number of nitrogens with two attached hydrogens (primary N) is 1. The van der Waals surface area contributed by atoms with E-state index in [0.717, 1.165) is 11.3 Å². The van der Waals surface area contributed by atoms with Crippen LogP contribution in [0.2, 0.25) is 0 Å². The predicted octanol–water partition coefficient (Wildman–Crippen LogP) is 1.56. The summed E-state index contributed by atoms with van der Waals surface area (Å²) in [4.78, 5) is 3.97. The number of nitrogens with zero attached hydrogens (tertiary/aromatic N) is 2. The Hall–Kier alpha value is -2.04. The maximum atomic E-state index is 5.67. The highest BCUT2D eigenvalue weighted by molar-refractivity contribution is 5.60. The summed E-state index contributed by atoms with van der Waals surface area (Å²) in [5, 5.41) is 9.78. The Morgan fingerprint density at radius 1 is 1.40 bits per heavy atom. The van der Waals surface area contributed by atoms with Crippen LogP contribution in [0.15, 0.2) is 30.7 Å². The molecule has 0 radical (unpaired) electrons. The van der Waals surface area contributed by atoms with E-state index in [0.29, 0.717) is 5.82 Å². The summed E-state index contributed by atoms with van der Waals surface area (Å²) in [6.45, 7) is 2.06. The van der Waals surface area contributed by atoms with Gasteiger partial charge in [0.05, 0.1) is 11.9 Å². The number of anilines is 2. The average molecular weight is 203 g/mol. The van der Waals surface area contributed by atoms with Crippen LogP contribution >= 0.6 is 0 Å². The average Bonchev–Trinajstić information content (AvgIpc) is 2.66. The minimum atomic E-state index is 0.174. The zero-order chi connectivity index (χ0) is 10.7. The molecule has 1 unspecified atom stereocenters. The SMILES string of the molecule is CC(Nc1cn[nH]c1N)c1ccncc1. The van der Waals surface area contributed by atoms with Gasteiger partial charge >= 0.3 is 0 Å². The first-order valence-electron chi connectivity index (χ1n) is 4.72. The highest BCUT2D eigenvalue weighted by Gasteiger charge is 2.07. The number of aromatic nitrogens is 3. The Morgan fingerprint density at radius 2 is 2.13 bits per heavy atom. The molecule has 0 aliphatic carbocycles. The molecular weight excluding hydrogens is 190 g/mol. The molecule has 0 aliphatic heterocycles. The molecule has 0 saturated carbocycles. The van der Waals surface area contributed by atoms with Gasteiger partial charge in [-0.15, -0.1) is 0 Å². The number of pyridine rings is 1. The van der Waals surface area contributed by atoms with Gasteiger partial charge in [0.2, 0.25) is 0 Å². The standard InChI is InChI=1S/C10H13N5/c1-7(8-2-4-12-5-3-8)14-9-6-13-15-10(9)11/h2-7,14H,1H3,(H3,11,13,15). The molecule has 1 atom stereocenters. The minimum absolute atomic E-state index is 0.174. The lowest BCUT2D eigenvalue weighted by molar-refractivity contribution is 0.881. The van der Waals surface area contributed by atoms with Crippen molar-refractivity contribution in [2.45, 2.75) is 13.0 Å². The van der Waals surface area contributed by atoms with Gasteiger partial charge in [-0.3, -0.25) is 10.1 Å². The van der Waals surface area contributed by atoms with Gasteiger partial charge in [-0.25, -0.2) is 0 Å². The molecule has 0 amide bonds. The third-order valence-corrected chi connectivity index (χ3v) is 2.25. The molecular formula is C10H13N5. The highest BCUT2D eigenvalue weighted by atomic mass is 15.2. The van der Waals surface area contributed by atoms with E-state index in [4.69, 9.17) is 5.73 Å². The van der Waals surface area contributed by atoms with Crippen molar-refractivity contribution in [1.82, 2.24) is 15.2 Å². The van der Waals surface area contributed by atoms with Gasteiger partial charge in [-0.2, -0.15) is 5.10 Å². The van der Waals surface area contributed by atoms with Crippen molar-refractivity contribution >= 4 is 11.5 Å². The first kappa shape index (κ1) is 9.51. The van der Waals surface area contributed by atoms with Gasteiger partial charge in [0.15, 0.2) is 0 Å². The summed E-state index contributed by atoms with van der Waals surface area (Å²) in [5.41, 5.74) is 7.65. The number of rotatable bonds is 3. The minimum Gasteiger partial charge on any atom is -0.382 e. The fraction of sp³-hybridized carbons (Fsp3) is 0.200. The Kier molecular flexibility index (Phi) is 2.53. The molecule has 2 heterocycles. The summed E-state index contributed by atoms with van der Waals surface area (Å²) in [5.74, 6) is 0.552. The van der Waals surface area contributed by atoms with Gasteiger partial charge in [-0.1, -0.05) is 0 Å². The van der Waals surface area contributed by atoms with Crippen LogP contribution in [0.4, 0.5) is 11.5 Å². The van der Waals surface area contributed by atoms with Gasteiger partial charge in [-0.05, 0) is 24.6 Å². The van der Waals surface area contributed by atoms with Crippen LogP contribution in [-0.4, -0.2) is 15.2 Å². The molecule has 0 spiro atoms. The quantitative estimate of drug-likeness (QED) is 0.707. The lowest BCUT2D eigenvalue weighted by atomic mass is 10.1. The number of H-pyrrole nitrogens is 1. The van der Waals surface area contributed by atoms with E-state index >= 15 is 0 Å². The summed E-state index contributed by atoms with van der Waals surface area (Å²) < 4.78 is 0. The zero-order valence-electron chi connectivity index (χ0n) is 8.44. The summed E-state index contributed by atoms with van der Waals surface area (Å²) >= 11 is 0. The van der Waals surface area contributed by atoms with Crippen molar-refractivity contribution in [3.05, 3.63) is 36.3 Å². The molecule has 0 bridgehead atoms. The number of nitrogen functional groups attached to an aromatic ring is 1. The lowest BCUT2D eigenvalue weighted by Crippen LogP contribution is -2.07. The second-order valence-corrected chi connectivity index (χ2v) is 3.34. The van der Waals surface area contributed by atoms with Crippen molar-refractivity contribution in [3.8, 4) is 0 Å². The first-order chi connectivity index (χ1) is 7.27. The molecule has 2 rings (SSSR count). The molecule has 2 aromatic rings. The third-order valence-electron chi connectivity index (χ3n) is 2.25. The summed E-state index contributed by atoms with van der Waals surface area (Å²) in [6.07, 6.45) is 5.21. The van der Waals surface area contributed by atoms with Crippen molar-refractivity contribution in [1.29, 1.82) is 0 Å². The summed E-state index contributed by atoms with van der Waals surface area (Å²) in [6, 6.07) is 4.11. The van der Waals surface area contributed by atoms with Gasteiger partial charge < -0.3 is 11.1 Å². The Balaban J connectivity index is 2.11. The van der Waals surface area contributed by atoms with E-state index in [1.807, 2.05) is 12.1 Å².